The van der Waals surface area contributed by atoms with Crippen LogP contribution < -0.4 is 16.5 Å². The van der Waals surface area contributed by atoms with E-state index in [1.54, 1.807) is 31.2 Å². The minimum absolute atomic E-state index is 0.0522. The van der Waals surface area contributed by atoms with Gasteiger partial charge in [-0.25, -0.2) is 9.59 Å². The van der Waals surface area contributed by atoms with Gasteiger partial charge in [0.05, 0.1) is 5.52 Å². The Morgan fingerprint density at radius 3 is 2.55 bits per heavy atom. The van der Waals surface area contributed by atoms with E-state index >= 15 is 0 Å². The molecule has 3 aromatic rings. The number of carbonyl (C=O) groups excluding carboxylic acids is 3. The van der Waals surface area contributed by atoms with Crippen LogP contribution in [0.15, 0.2) is 63.8 Å². The third-order valence-electron chi connectivity index (χ3n) is 5.39. The highest BCUT2D eigenvalue weighted by Gasteiger charge is 2.48. The lowest BCUT2D eigenvalue weighted by Crippen LogP contribution is -2.49. The van der Waals surface area contributed by atoms with Gasteiger partial charge in [0.15, 0.2) is 5.58 Å². The summed E-state index contributed by atoms with van der Waals surface area (Å²) in [6.07, 6.45) is 0.882. The minimum Gasteiger partial charge on any atom is -0.408 e. The fourth-order valence-electron chi connectivity index (χ4n) is 3.61. The van der Waals surface area contributed by atoms with Gasteiger partial charge in [0, 0.05) is 13.0 Å². The van der Waals surface area contributed by atoms with E-state index < -0.39 is 29.1 Å². The van der Waals surface area contributed by atoms with Crippen molar-refractivity contribution in [2.45, 2.75) is 38.3 Å². The Hall–Kier alpha value is -3.88. The third-order valence-corrected chi connectivity index (χ3v) is 5.39. The standard InChI is InChI=1S/C22H22N4O5/c1-22(13-11-15-7-3-2-4-8-15)19(28)26(20(29)23-22)24-18(27)12-14-25-16-9-5-6-10-17(16)31-21(25)30/h2-10H,11-14H2,1H3,(H,23,29)(H,24,27). The van der Waals surface area contributed by atoms with Gasteiger partial charge in [-0.1, -0.05) is 42.5 Å². The van der Waals surface area contributed by atoms with Gasteiger partial charge in [0.1, 0.15) is 5.54 Å². The van der Waals surface area contributed by atoms with E-state index in [0.29, 0.717) is 29.0 Å². The summed E-state index contributed by atoms with van der Waals surface area (Å²) < 4.78 is 6.47. The number of aryl methyl sites for hydroxylation is 2. The van der Waals surface area contributed by atoms with Crippen molar-refractivity contribution in [2.75, 3.05) is 0 Å². The number of aromatic nitrogens is 1. The van der Waals surface area contributed by atoms with E-state index in [0.717, 1.165) is 5.56 Å². The number of hydrogen-bond donors (Lipinski definition) is 2. The molecule has 160 valence electrons. The number of nitrogens with one attached hydrogen (secondary N) is 2. The van der Waals surface area contributed by atoms with Crippen molar-refractivity contribution in [3.63, 3.8) is 0 Å². The van der Waals surface area contributed by atoms with Gasteiger partial charge in [0.2, 0.25) is 5.91 Å². The molecule has 1 unspecified atom stereocenters. The van der Waals surface area contributed by atoms with Crippen LogP contribution in [0.4, 0.5) is 4.79 Å². The quantitative estimate of drug-likeness (QED) is 0.565. The molecule has 1 saturated heterocycles. The number of carbonyl (C=O) groups is 3. The lowest BCUT2D eigenvalue weighted by molar-refractivity contribution is -0.139. The van der Waals surface area contributed by atoms with Crippen molar-refractivity contribution in [1.29, 1.82) is 0 Å². The highest BCUT2D eigenvalue weighted by Crippen LogP contribution is 2.22. The van der Waals surface area contributed by atoms with Crippen molar-refractivity contribution in [3.05, 3.63) is 70.7 Å². The summed E-state index contributed by atoms with van der Waals surface area (Å²) in [7, 11) is 0. The van der Waals surface area contributed by atoms with Gasteiger partial charge in [-0.15, -0.1) is 0 Å². The lowest BCUT2D eigenvalue weighted by atomic mass is 9.93. The molecule has 0 spiro atoms. The molecule has 1 aliphatic rings. The molecule has 0 saturated carbocycles. The second kappa shape index (κ2) is 8.10. The SMILES string of the molecule is CC1(CCc2ccccc2)NC(=O)N(NC(=O)CCn2c(=O)oc3ccccc32)C1=O. The minimum atomic E-state index is -1.11. The molecule has 4 rings (SSSR count). The van der Waals surface area contributed by atoms with E-state index in [4.69, 9.17) is 4.42 Å². The third kappa shape index (κ3) is 4.07. The molecule has 31 heavy (non-hydrogen) atoms. The largest absolute Gasteiger partial charge is 0.419 e. The first-order valence-electron chi connectivity index (χ1n) is 9.96. The Bertz CT molecular complexity index is 1200. The smallest absolute Gasteiger partial charge is 0.408 e. The molecule has 2 heterocycles. The molecule has 1 atom stereocenters. The topological polar surface area (TPSA) is 114 Å². The number of urea groups is 1. The maximum atomic E-state index is 12.8. The maximum Gasteiger partial charge on any atom is 0.419 e. The summed E-state index contributed by atoms with van der Waals surface area (Å²) in [5, 5.41) is 3.37. The van der Waals surface area contributed by atoms with Crippen molar-refractivity contribution in [2.24, 2.45) is 0 Å². The average molecular weight is 422 g/mol. The van der Waals surface area contributed by atoms with E-state index in [9.17, 15) is 19.2 Å². The fourth-order valence-corrected chi connectivity index (χ4v) is 3.61. The summed E-state index contributed by atoms with van der Waals surface area (Å²) in [4.78, 5) is 49.5. The Labute approximate surface area is 177 Å². The summed E-state index contributed by atoms with van der Waals surface area (Å²) in [6.45, 7) is 1.69. The van der Waals surface area contributed by atoms with E-state index in [1.807, 2.05) is 30.3 Å². The first-order chi connectivity index (χ1) is 14.9. The fraction of sp³-hybridized carbons (Fsp3) is 0.273. The molecule has 0 aliphatic carbocycles. The zero-order valence-electron chi connectivity index (χ0n) is 17.0. The first kappa shape index (κ1) is 20.4. The van der Waals surface area contributed by atoms with E-state index in [1.165, 1.54) is 4.57 Å². The number of oxazole rings is 1. The Morgan fingerprint density at radius 2 is 1.77 bits per heavy atom. The molecule has 9 heteroatoms. The Balaban J connectivity index is 1.37. The van der Waals surface area contributed by atoms with E-state index in [2.05, 4.69) is 10.7 Å². The van der Waals surface area contributed by atoms with Crippen LogP contribution in [-0.4, -0.2) is 33.0 Å². The first-order valence-corrected chi connectivity index (χ1v) is 9.96. The van der Waals surface area contributed by atoms with Crippen molar-refractivity contribution in [3.8, 4) is 0 Å². The molecule has 0 bridgehead atoms. The predicted molar refractivity (Wildman–Crippen MR) is 112 cm³/mol. The van der Waals surface area contributed by atoms with Crippen LogP contribution in [0.2, 0.25) is 0 Å². The molecule has 1 fully saturated rings. The number of imide groups is 1. The van der Waals surface area contributed by atoms with Crippen molar-refractivity contribution < 1.29 is 18.8 Å². The van der Waals surface area contributed by atoms with Gasteiger partial charge >= 0.3 is 11.8 Å². The zero-order chi connectivity index (χ0) is 22.0. The highest BCUT2D eigenvalue weighted by atomic mass is 16.4. The molecular formula is C22H22N4O5. The molecule has 2 N–H and O–H groups in total. The maximum absolute atomic E-state index is 12.8. The molecule has 4 amide bonds. The van der Waals surface area contributed by atoms with Crippen LogP contribution in [0, 0.1) is 0 Å². The number of nitrogens with zero attached hydrogens (tertiary/aromatic N) is 2. The van der Waals surface area contributed by atoms with Crippen LogP contribution in [0.25, 0.3) is 11.1 Å². The van der Waals surface area contributed by atoms with Crippen LogP contribution in [0.3, 0.4) is 0 Å². The lowest BCUT2D eigenvalue weighted by Gasteiger charge is -2.21. The van der Waals surface area contributed by atoms with Gasteiger partial charge in [-0.3, -0.25) is 19.6 Å². The van der Waals surface area contributed by atoms with Crippen molar-refractivity contribution >= 4 is 28.9 Å². The van der Waals surface area contributed by atoms with Gasteiger partial charge in [-0.05, 0) is 37.5 Å². The molecular weight excluding hydrogens is 400 g/mol. The Kier molecular flexibility index (Phi) is 5.33. The summed E-state index contributed by atoms with van der Waals surface area (Å²) in [5.41, 5.74) is 3.28. The van der Waals surface area contributed by atoms with Crippen LogP contribution in [0.5, 0.6) is 0 Å². The Morgan fingerprint density at radius 1 is 1.06 bits per heavy atom. The highest BCUT2D eigenvalue weighted by molar-refractivity contribution is 6.07. The number of para-hydroxylation sites is 2. The van der Waals surface area contributed by atoms with Gasteiger partial charge < -0.3 is 9.73 Å². The van der Waals surface area contributed by atoms with E-state index in [-0.39, 0.29) is 13.0 Å². The molecule has 1 aromatic heterocycles. The number of hydrazine groups is 1. The van der Waals surface area contributed by atoms with Crippen LogP contribution in [0.1, 0.15) is 25.3 Å². The number of benzene rings is 2. The van der Waals surface area contributed by atoms with Crippen LogP contribution in [-0.2, 0) is 22.6 Å². The number of hydrogen-bond acceptors (Lipinski definition) is 5. The second-order valence-electron chi connectivity index (χ2n) is 7.66. The number of amides is 4. The van der Waals surface area contributed by atoms with Gasteiger partial charge in [0.25, 0.3) is 5.91 Å². The average Bonchev–Trinajstić information content (AvgIpc) is 3.19. The summed E-state index contributed by atoms with van der Waals surface area (Å²) in [5.74, 6) is -1.65. The molecule has 1 aliphatic heterocycles. The molecule has 0 radical (unpaired) electrons. The normalized spacial score (nSPS) is 18.4. The van der Waals surface area contributed by atoms with Crippen LogP contribution >= 0.6 is 0 Å². The number of fused-ring (bicyclic) bond motifs is 1. The van der Waals surface area contributed by atoms with Crippen molar-refractivity contribution in [1.82, 2.24) is 20.3 Å². The molecule has 9 nitrogen and oxygen atoms in total. The molecule has 2 aromatic carbocycles. The monoisotopic (exact) mass is 422 g/mol. The zero-order valence-corrected chi connectivity index (χ0v) is 17.0. The summed E-state index contributed by atoms with van der Waals surface area (Å²) in [6, 6.07) is 15.8. The predicted octanol–water partition coefficient (Wildman–Crippen LogP) is 1.96. The van der Waals surface area contributed by atoms with Gasteiger partial charge in [-0.2, -0.15) is 5.01 Å². The summed E-state index contributed by atoms with van der Waals surface area (Å²) >= 11 is 0. The second-order valence-corrected chi connectivity index (χ2v) is 7.66. The number of rotatable bonds is 7.